The normalized spacial score (nSPS) is 15.6. The number of rotatable bonds is 9. The third kappa shape index (κ3) is 5.32. The van der Waals surface area contributed by atoms with Crippen LogP contribution in [0.3, 0.4) is 0 Å². The molecule has 0 radical (unpaired) electrons. The second-order valence-electron chi connectivity index (χ2n) is 8.66. The van der Waals surface area contributed by atoms with Crippen LogP contribution in [0, 0.1) is 0 Å². The van der Waals surface area contributed by atoms with Crippen LogP contribution in [0.5, 0.6) is 11.5 Å². The highest BCUT2D eigenvalue weighted by Gasteiger charge is 2.34. The average Bonchev–Trinajstić information content (AvgIpc) is 3.47. The molecule has 9 heteroatoms. The summed E-state index contributed by atoms with van der Waals surface area (Å²) in [5, 5.41) is 1.93. The molecule has 1 aromatic carbocycles. The van der Waals surface area contributed by atoms with E-state index in [1.807, 2.05) is 41.8 Å². The molecule has 1 aliphatic heterocycles. The molecule has 3 aromatic rings. The number of fused-ring (bicyclic) bond motifs is 1. The summed E-state index contributed by atoms with van der Waals surface area (Å²) >= 11 is 2.79. The van der Waals surface area contributed by atoms with Crippen molar-refractivity contribution in [3.63, 3.8) is 0 Å². The number of allylic oxidation sites excluding steroid dienone is 1. The number of carbonyl (C=O) groups excluding carboxylic acids is 1. The standard InChI is InChI=1S/C27H30N2O5S2/c1-6-7-12-33-19-11-10-18(14-20(19)32-5)15-22-25(30)29-24(21-9-8-13-35-21)23(26(31)34-16(2)3)17(4)28-27(29)36-22/h8-11,13-16,24H,6-7,12H2,1-5H3/b22-15-/t24-/m0/s1. The predicted molar refractivity (Wildman–Crippen MR) is 143 cm³/mol. The molecule has 0 amide bonds. The molecule has 190 valence electrons. The minimum Gasteiger partial charge on any atom is -0.493 e. The van der Waals surface area contributed by atoms with Crippen molar-refractivity contribution in [2.24, 2.45) is 4.99 Å². The first-order chi connectivity index (χ1) is 17.3. The third-order valence-electron chi connectivity index (χ3n) is 5.64. The highest BCUT2D eigenvalue weighted by molar-refractivity contribution is 7.10. The second kappa shape index (κ2) is 11.3. The Kier molecular flexibility index (Phi) is 8.11. The van der Waals surface area contributed by atoms with Crippen LogP contribution in [0.15, 0.2) is 56.8 Å². The molecule has 0 aliphatic carbocycles. The Bertz CT molecular complexity index is 1450. The molecule has 0 spiro atoms. The monoisotopic (exact) mass is 526 g/mol. The summed E-state index contributed by atoms with van der Waals surface area (Å²) in [5.41, 5.74) is 1.55. The lowest BCUT2D eigenvalue weighted by Crippen LogP contribution is -2.39. The topological polar surface area (TPSA) is 79.1 Å². The van der Waals surface area contributed by atoms with Crippen molar-refractivity contribution in [1.29, 1.82) is 0 Å². The summed E-state index contributed by atoms with van der Waals surface area (Å²) in [5.74, 6) is 0.826. The van der Waals surface area contributed by atoms with Crippen molar-refractivity contribution in [3.05, 3.63) is 77.1 Å². The fraction of sp³-hybridized carbons (Fsp3) is 0.370. The first-order valence-electron chi connectivity index (χ1n) is 11.9. The number of esters is 1. The van der Waals surface area contributed by atoms with Crippen LogP contribution in [0.25, 0.3) is 6.08 Å². The minimum atomic E-state index is -0.585. The van der Waals surface area contributed by atoms with Gasteiger partial charge in [-0.3, -0.25) is 9.36 Å². The minimum absolute atomic E-state index is 0.207. The summed E-state index contributed by atoms with van der Waals surface area (Å²) in [6, 6.07) is 8.86. The van der Waals surface area contributed by atoms with Gasteiger partial charge in [0, 0.05) is 4.88 Å². The Labute approximate surface area is 218 Å². The summed E-state index contributed by atoms with van der Waals surface area (Å²) in [6.07, 6.45) is 3.54. The van der Waals surface area contributed by atoms with Crippen molar-refractivity contribution in [2.45, 2.75) is 52.7 Å². The molecule has 0 saturated carbocycles. The van der Waals surface area contributed by atoms with Crippen LogP contribution in [-0.2, 0) is 9.53 Å². The van der Waals surface area contributed by atoms with Gasteiger partial charge in [0.15, 0.2) is 16.3 Å². The maximum atomic E-state index is 13.7. The number of carbonyl (C=O) groups is 1. The molecule has 0 saturated heterocycles. The maximum Gasteiger partial charge on any atom is 0.338 e. The number of thiophene rings is 1. The summed E-state index contributed by atoms with van der Waals surface area (Å²) in [4.78, 5) is 32.8. The van der Waals surface area contributed by atoms with Gasteiger partial charge < -0.3 is 14.2 Å². The van der Waals surface area contributed by atoms with Crippen LogP contribution in [0.1, 0.15) is 57.0 Å². The molecule has 7 nitrogen and oxygen atoms in total. The maximum absolute atomic E-state index is 13.7. The summed E-state index contributed by atoms with van der Waals surface area (Å²) < 4.78 is 19.0. The van der Waals surface area contributed by atoms with Crippen LogP contribution in [0.2, 0.25) is 0 Å². The number of ether oxygens (including phenoxy) is 3. The zero-order chi connectivity index (χ0) is 25.8. The molecule has 3 heterocycles. The fourth-order valence-corrected chi connectivity index (χ4v) is 5.82. The molecule has 4 rings (SSSR count). The Morgan fingerprint density at radius 1 is 1.25 bits per heavy atom. The SMILES string of the molecule is CCCCOc1ccc(/C=c2\sc3n(c2=O)[C@@H](c2cccs2)C(C(=O)OC(C)C)=C(C)N=3)cc1OC. The molecule has 0 bridgehead atoms. The van der Waals surface area contributed by atoms with Gasteiger partial charge in [-0.15, -0.1) is 11.3 Å². The lowest BCUT2D eigenvalue weighted by molar-refractivity contribution is -0.143. The number of nitrogens with zero attached hydrogens (tertiary/aromatic N) is 2. The third-order valence-corrected chi connectivity index (χ3v) is 7.55. The van der Waals surface area contributed by atoms with E-state index in [4.69, 9.17) is 14.2 Å². The second-order valence-corrected chi connectivity index (χ2v) is 10.7. The van der Waals surface area contributed by atoms with E-state index in [0.717, 1.165) is 23.3 Å². The first kappa shape index (κ1) is 25.9. The van der Waals surface area contributed by atoms with Gasteiger partial charge in [-0.2, -0.15) is 0 Å². The zero-order valence-corrected chi connectivity index (χ0v) is 22.7. The molecule has 36 heavy (non-hydrogen) atoms. The molecule has 1 aliphatic rings. The van der Waals surface area contributed by atoms with Gasteiger partial charge in [-0.25, -0.2) is 9.79 Å². The van der Waals surface area contributed by atoms with Crippen molar-refractivity contribution in [1.82, 2.24) is 4.57 Å². The van der Waals surface area contributed by atoms with Crippen LogP contribution in [-0.4, -0.2) is 30.4 Å². The van der Waals surface area contributed by atoms with E-state index < -0.39 is 12.0 Å². The highest BCUT2D eigenvalue weighted by Crippen LogP contribution is 2.33. The largest absolute Gasteiger partial charge is 0.493 e. The van der Waals surface area contributed by atoms with Crippen molar-refractivity contribution >= 4 is 34.7 Å². The van der Waals surface area contributed by atoms with Crippen molar-refractivity contribution in [2.75, 3.05) is 13.7 Å². The molecule has 1 atom stereocenters. The van der Waals surface area contributed by atoms with Crippen LogP contribution < -0.4 is 24.4 Å². The molecular weight excluding hydrogens is 496 g/mol. The van der Waals surface area contributed by atoms with E-state index in [0.29, 0.717) is 38.7 Å². The van der Waals surface area contributed by atoms with E-state index in [1.54, 1.807) is 32.4 Å². The zero-order valence-electron chi connectivity index (χ0n) is 21.1. The Balaban J connectivity index is 1.79. The van der Waals surface area contributed by atoms with E-state index >= 15 is 0 Å². The van der Waals surface area contributed by atoms with Gasteiger partial charge in [0.25, 0.3) is 5.56 Å². The molecule has 2 aromatic heterocycles. The van der Waals surface area contributed by atoms with Gasteiger partial charge in [-0.1, -0.05) is 36.8 Å². The lowest BCUT2D eigenvalue weighted by Gasteiger charge is -2.24. The molecule has 0 N–H and O–H groups in total. The lowest BCUT2D eigenvalue weighted by atomic mass is 10.0. The highest BCUT2D eigenvalue weighted by atomic mass is 32.1. The van der Waals surface area contributed by atoms with Crippen molar-refractivity contribution < 1.29 is 19.0 Å². The van der Waals surface area contributed by atoms with E-state index in [1.165, 1.54) is 22.7 Å². The number of methoxy groups -OCH3 is 1. The van der Waals surface area contributed by atoms with Crippen LogP contribution in [0.4, 0.5) is 0 Å². The Morgan fingerprint density at radius 2 is 2.06 bits per heavy atom. The van der Waals surface area contributed by atoms with Gasteiger partial charge in [0.1, 0.15) is 6.04 Å². The summed E-state index contributed by atoms with van der Waals surface area (Å²) in [6.45, 7) is 8.13. The smallest absolute Gasteiger partial charge is 0.338 e. The molecule has 0 fully saturated rings. The van der Waals surface area contributed by atoms with Gasteiger partial charge in [0.2, 0.25) is 0 Å². The number of hydrogen-bond acceptors (Lipinski definition) is 8. The average molecular weight is 527 g/mol. The number of unbranched alkanes of at least 4 members (excludes halogenated alkanes) is 1. The summed E-state index contributed by atoms with van der Waals surface area (Å²) in [7, 11) is 1.60. The van der Waals surface area contributed by atoms with E-state index in [2.05, 4.69) is 11.9 Å². The van der Waals surface area contributed by atoms with Gasteiger partial charge >= 0.3 is 5.97 Å². The number of aromatic nitrogens is 1. The van der Waals surface area contributed by atoms with Crippen LogP contribution >= 0.6 is 22.7 Å². The fourth-order valence-electron chi connectivity index (χ4n) is 3.95. The Hall–Kier alpha value is -3.17. The number of benzene rings is 1. The van der Waals surface area contributed by atoms with E-state index in [-0.39, 0.29) is 11.7 Å². The number of thiazole rings is 1. The molecule has 0 unspecified atom stereocenters. The predicted octanol–water partition coefficient (Wildman–Crippen LogP) is 4.44. The first-order valence-corrected chi connectivity index (χ1v) is 13.6. The number of hydrogen-bond donors (Lipinski definition) is 0. The molecular formula is C27H30N2O5S2. The van der Waals surface area contributed by atoms with Gasteiger partial charge in [0.05, 0.1) is 35.6 Å². The van der Waals surface area contributed by atoms with Crippen molar-refractivity contribution in [3.8, 4) is 11.5 Å². The quantitative estimate of drug-likeness (QED) is 0.304. The van der Waals surface area contributed by atoms with E-state index in [9.17, 15) is 9.59 Å². The Morgan fingerprint density at radius 3 is 2.72 bits per heavy atom. The van der Waals surface area contributed by atoms with Gasteiger partial charge in [-0.05, 0) is 62.4 Å².